The standard InChI is InChI=1S/C33H43F2N2O3.Li/c1-28(2)10-12-33(18-37-27(40)26(34)35)13-11-32(7)24(20(33)16-28)21(38)14-23-30(5)15-19(17-36)25(39)29(3,4)22(30)8-9-31(23,32)6;/h14-15,22,24,26H,8-13,16,18H2,1-7H3,(H,37,40);/q-1;+1/t22?,24-,30-,31+,32+,33+;/m0./s1. The molecule has 1 N–H and O–H groups in total. The summed E-state index contributed by atoms with van der Waals surface area (Å²) in [5.74, 6) is -0.608. The van der Waals surface area contributed by atoms with Gasteiger partial charge in [-0.15, -0.1) is 5.41 Å². The Morgan fingerprint density at radius 1 is 1.07 bits per heavy atom. The minimum absolute atomic E-state index is 0. The van der Waals surface area contributed by atoms with Crippen LogP contribution in [-0.2, 0) is 14.4 Å². The number of hydrogen-bond acceptors (Lipinski definition) is 4. The van der Waals surface area contributed by atoms with Crippen molar-refractivity contribution < 1.29 is 42.0 Å². The number of carbonyl (C=O) groups excluding carboxylic acids is 3. The van der Waals surface area contributed by atoms with Crippen molar-refractivity contribution in [2.45, 2.75) is 99.8 Å². The molecule has 41 heavy (non-hydrogen) atoms. The SMILES string of the molecule is CC1(C)CC[C@]2(CNC(=O)C(F)F)CC[C@]3(C)[C@H](C(=O)C=C4[C@@]5(C)C=C(C#N)C(=O)C(C)(C)C5CC[C@]43C)[C-]2C1.[Li+]. The molecule has 8 heteroatoms. The van der Waals surface area contributed by atoms with Crippen molar-refractivity contribution in [3.05, 3.63) is 29.2 Å². The van der Waals surface area contributed by atoms with Crippen LogP contribution < -0.4 is 24.2 Å². The smallest absolute Gasteiger partial charge is 0.353 e. The number of hydrogen-bond donors (Lipinski definition) is 1. The average molecular weight is 561 g/mol. The van der Waals surface area contributed by atoms with E-state index in [0.717, 1.165) is 56.4 Å². The predicted molar refractivity (Wildman–Crippen MR) is 148 cm³/mol. The van der Waals surface area contributed by atoms with E-state index in [1.54, 1.807) is 0 Å². The molecule has 0 bridgehead atoms. The van der Waals surface area contributed by atoms with Gasteiger partial charge in [0.15, 0.2) is 5.78 Å². The van der Waals surface area contributed by atoms with Gasteiger partial charge in [0.1, 0.15) is 11.9 Å². The molecule has 0 saturated heterocycles. The van der Waals surface area contributed by atoms with Gasteiger partial charge in [-0.2, -0.15) is 20.5 Å². The molecule has 0 aromatic heterocycles. The number of rotatable bonds is 3. The van der Waals surface area contributed by atoms with Gasteiger partial charge in [0.25, 0.3) is 5.91 Å². The first-order chi connectivity index (χ1) is 18.4. The molecule has 0 radical (unpaired) electrons. The van der Waals surface area contributed by atoms with Gasteiger partial charge in [-0.1, -0.05) is 97.1 Å². The minimum Gasteiger partial charge on any atom is -0.353 e. The largest absolute Gasteiger partial charge is 1.00 e. The number of carbonyl (C=O) groups is 3. The molecule has 3 fully saturated rings. The Labute approximate surface area is 255 Å². The second-order valence-corrected chi connectivity index (χ2v) is 15.4. The summed E-state index contributed by atoms with van der Waals surface area (Å²) >= 11 is 0. The zero-order chi connectivity index (χ0) is 29.7. The third kappa shape index (κ3) is 4.37. The zero-order valence-electron chi connectivity index (χ0n) is 26.0. The van der Waals surface area contributed by atoms with Crippen LogP contribution in [0, 0.1) is 61.6 Å². The van der Waals surface area contributed by atoms with Crippen LogP contribution in [0.2, 0.25) is 0 Å². The predicted octanol–water partition coefficient (Wildman–Crippen LogP) is 3.55. The van der Waals surface area contributed by atoms with Crippen LogP contribution in [0.15, 0.2) is 23.3 Å². The van der Waals surface area contributed by atoms with Gasteiger partial charge >= 0.3 is 25.3 Å². The van der Waals surface area contributed by atoms with Crippen LogP contribution in [-0.4, -0.2) is 30.4 Å². The van der Waals surface area contributed by atoms with Gasteiger partial charge in [0, 0.05) is 10.8 Å². The first-order valence-electron chi connectivity index (χ1n) is 14.7. The Morgan fingerprint density at radius 3 is 2.32 bits per heavy atom. The summed E-state index contributed by atoms with van der Waals surface area (Å²) in [5, 5.41) is 12.4. The quantitative estimate of drug-likeness (QED) is 0.423. The Bertz CT molecular complexity index is 1280. The summed E-state index contributed by atoms with van der Waals surface area (Å²) < 4.78 is 26.3. The third-order valence-electron chi connectivity index (χ3n) is 12.5. The van der Waals surface area contributed by atoms with Crippen molar-refractivity contribution in [1.29, 1.82) is 5.26 Å². The van der Waals surface area contributed by atoms with Crippen LogP contribution in [0.25, 0.3) is 0 Å². The van der Waals surface area contributed by atoms with Gasteiger partial charge in [-0.3, -0.25) is 20.3 Å². The maximum atomic E-state index is 14.4. The van der Waals surface area contributed by atoms with Crippen molar-refractivity contribution in [1.82, 2.24) is 5.32 Å². The van der Waals surface area contributed by atoms with Crippen molar-refractivity contribution in [3.8, 4) is 6.07 Å². The summed E-state index contributed by atoms with van der Waals surface area (Å²) in [5.41, 5.74) is -1.38. The Kier molecular flexibility index (Phi) is 7.75. The molecule has 3 saturated carbocycles. The number of alkyl halides is 2. The average Bonchev–Trinajstić information content (AvgIpc) is 2.86. The van der Waals surface area contributed by atoms with Crippen LogP contribution in [0.3, 0.4) is 0 Å². The topological polar surface area (TPSA) is 87.0 Å². The minimum atomic E-state index is -3.07. The first-order valence-corrected chi connectivity index (χ1v) is 14.7. The summed E-state index contributed by atoms with van der Waals surface area (Å²) in [6.07, 6.45) is 6.11. The molecule has 218 valence electrons. The van der Waals surface area contributed by atoms with Crippen molar-refractivity contribution >= 4 is 17.5 Å². The summed E-state index contributed by atoms with van der Waals surface area (Å²) in [6.45, 7) is 15.0. The fourth-order valence-corrected chi connectivity index (χ4v) is 9.98. The van der Waals surface area contributed by atoms with E-state index >= 15 is 0 Å². The molecule has 1 amide bonds. The maximum absolute atomic E-state index is 14.4. The number of halogens is 2. The van der Waals surface area contributed by atoms with E-state index < -0.39 is 34.0 Å². The molecular weight excluding hydrogens is 517 g/mol. The van der Waals surface area contributed by atoms with Crippen LogP contribution in [0.4, 0.5) is 8.78 Å². The fourth-order valence-electron chi connectivity index (χ4n) is 9.98. The van der Waals surface area contributed by atoms with E-state index in [0.29, 0.717) is 0 Å². The van der Waals surface area contributed by atoms with Gasteiger partial charge in [-0.05, 0) is 42.2 Å². The molecule has 5 nitrogen and oxygen atoms in total. The van der Waals surface area contributed by atoms with E-state index in [-0.39, 0.29) is 65.2 Å². The van der Waals surface area contributed by atoms with Crippen LogP contribution >= 0.6 is 0 Å². The first kappa shape index (κ1) is 32.2. The second kappa shape index (κ2) is 9.89. The molecule has 5 rings (SSSR count). The summed E-state index contributed by atoms with van der Waals surface area (Å²) in [6, 6.07) is 2.14. The number of Topliss-reactive ketones (excluding diaryl/α,β-unsaturated/α-hetero) is 1. The molecule has 5 aliphatic carbocycles. The Morgan fingerprint density at radius 2 is 1.71 bits per heavy atom. The van der Waals surface area contributed by atoms with Crippen molar-refractivity contribution in [3.63, 3.8) is 0 Å². The number of amides is 1. The molecular formula is C33H43F2LiN2O3. The molecule has 5 aliphatic rings. The van der Waals surface area contributed by atoms with E-state index in [1.165, 1.54) is 0 Å². The molecule has 0 aliphatic heterocycles. The van der Waals surface area contributed by atoms with Gasteiger partial charge in [-0.25, -0.2) is 0 Å². The molecule has 0 spiro atoms. The zero-order valence-corrected chi connectivity index (χ0v) is 26.0. The second-order valence-electron chi connectivity index (χ2n) is 15.4. The van der Waals surface area contributed by atoms with Gasteiger partial charge in [0.2, 0.25) is 0 Å². The fraction of sp³-hybridized carbons (Fsp3) is 0.727. The van der Waals surface area contributed by atoms with E-state index in [9.17, 15) is 28.4 Å². The number of allylic oxidation sites excluding steroid dienone is 4. The van der Waals surface area contributed by atoms with Crippen LogP contribution in [0.1, 0.15) is 93.4 Å². The van der Waals surface area contributed by atoms with Gasteiger partial charge in [0.05, 0.1) is 5.57 Å². The molecule has 6 atom stereocenters. The van der Waals surface area contributed by atoms with Crippen molar-refractivity contribution in [2.75, 3.05) is 6.54 Å². The number of fused-ring (bicyclic) bond motifs is 7. The normalized spacial score (nSPS) is 40.9. The Balaban J connectivity index is 0.00000387. The van der Waals surface area contributed by atoms with E-state index in [4.69, 9.17) is 0 Å². The monoisotopic (exact) mass is 560 g/mol. The van der Waals surface area contributed by atoms with Gasteiger partial charge < -0.3 is 5.32 Å². The number of nitrogens with one attached hydrogen (secondary N) is 1. The van der Waals surface area contributed by atoms with Crippen LogP contribution in [0.5, 0.6) is 0 Å². The number of ketones is 2. The molecule has 0 aromatic rings. The van der Waals surface area contributed by atoms with E-state index in [1.807, 2.05) is 26.0 Å². The third-order valence-corrected chi connectivity index (χ3v) is 12.5. The molecule has 0 heterocycles. The maximum Gasteiger partial charge on any atom is 1.00 e. The Hall–Kier alpha value is -1.76. The molecule has 1 unspecified atom stereocenters. The summed E-state index contributed by atoms with van der Waals surface area (Å²) in [7, 11) is 0. The number of nitriles is 1. The summed E-state index contributed by atoms with van der Waals surface area (Å²) in [4.78, 5) is 39.6. The number of nitrogens with zero attached hydrogens (tertiary/aromatic N) is 1. The van der Waals surface area contributed by atoms with Crippen molar-refractivity contribution in [2.24, 2.45) is 44.3 Å². The molecule has 0 aromatic carbocycles. The van der Waals surface area contributed by atoms with E-state index in [2.05, 4.69) is 46.0 Å².